The number of nitrogens with two attached hydrogens (primary N) is 1. The van der Waals surface area contributed by atoms with Crippen molar-refractivity contribution >= 4 is 11.5 Å². The third-order valence-electron chi connectivity index (χ3n) is 3.40. The van der Waals surface area contributed by atoms with E-state index in [1.54, 1.807) is 12.3 Å². The molecule has 2 N–H and O–H groups in total. The highest BCUT2D eigenvalue weighted by molar-refractivity contribution is 5.65. The van der Waals surface area contributed by atoms with Crippen LogP contribution in [0.5, 0.6) is 0 Å². The Balaban J connectivity index is 2.27. The predicted molar refractivity (Wildman–Crippen MR) is 68.6 cm³/mol. The fourth-order valence-electron chi connectivity index (χ4n) is 2.57. The summed E-state index contributed by atoms with van der Waals surface area (Å²) in [6.45, 7) is 3.03. The first-order valence-corrected chi connectivity index (χ1v) is 6.18. The molecule has 0 amide bonds. The molecule has 0 aromatic carbocycles. The summed E-state index contributed by atoms with van der Waals surface area (Å²) in [5, 5.41) is 8.80. The molecule has 0 atom stereocenters. The Morgan fingerprint density at radius 2 is 2.24 bits per heavy atom. The summed E-state index contributed by atoms with van der Waals surface area (Å²) in [7, 11) is 0. The van der Waals surface area contributed by atoms with E-state index in [0.717, 1.165) is 12.4 Å². The van der Waals surface area contributed by atoms with Crippen molar-refractivity contribution in [2.45, 2.75) is 38.6 Å². The Bertz CT molecular complexity index is 430. The van der Waals surface area contributed by atoms with Gasteiger partial charge in [-0.3, -0.25) is 0 Å². The van der Waals surface area contributed by atoms with Gasteiger partial charge in [0.05, 0.1) is 11.3 Å². The fraction of sp³-hybridized carbons (Fsp3) is 0.538. The lowest BCUT2D eigenvalue weighted by Crippen LogP contribution is -2.34. The molecule has 90 valence electrons. The van der Waals surface area contributed by atoms with Gasteiger partial charge in [-0.05, 0) is 25.8 Å². The molecule has 4 heteroatoms. The van der Waals surface area contributed by atoms with Crippen molar-refractivity contribution in [3.63, 3.8) is 0 Å². The van der Waals surface area contributed by atoms with Crippen LogP contribution >= 0.6 is 0 Å². The van der Waals surface area contributed by atoms with Gasteiger partial charge in [-0.15, -0.1) is 0 Å². The van der Waals surface area contributed by atoms with Crippen LogP contribution in [0.15, 0.2) is 12.3 Å². The molecule has 17 heavy (non-hydrogen) atoms. The van der Waals surface area contributed by atoms with Gasteiger partial charge in [0.1, 0.15) is 6.07 Å². The van der Waals surface area contributed by atoms with Crippen molar-refractivity contribution in [2.24, 2.45) is 0 Å². The molecule has 0 spiro atoms. The van der Waals surface area contributed by atoms with Crippen LogP contribution < -0.4 is 10.6 Å². The molecule has 1 aromatic heterocycles. The summed E-state index contributed by atoms with van der Waals surface area (Å²) >= 11 is 0. The zero-order chi connectivity index (χ0) is 12.3. The second-order valence-corrected chi connectivity index (χ2v) is 4.47. The van der Waals surface area contributed by atoms with Gasteiger partial charge in [0.2, 0.25) is 0 Å². The van der Waals surface area contributed by atoms with Crippen molar-refractivity contribution in [3.8, 4) is 6.07 Å². The number of aromatic nitrogens is 1. The Kier molecular flexibility index (Phi) is 3.48. The molecule has 0 aliphatic heterocycles. The first-order chi connectivity index (χ1) is 8.26. The van der Waals surface area contributed by atoms with Gasteiger partial charge >= 0.3 is 0 Å². The molecule has 0 saturated heterocycles. The molecule has 2 rings (SSSR count). The molecular weight excluding hydrogens is 212 g/mol. The van der Waals surface area contributed by atoms with Crippen LogP contribution in [0.4, 0.5) is 11.5 Å². The first-order valence-electron chi connectivity index (χ1n) is 6.18. The molecule has 1 aliphatic carbocycles. The van der Waals surface area contributed by atoms with Crippen LogP contribution in [0, 0.1) is 11.3 Å². The average molecular weight is 230 g/mol. The summed E-state index contributed by atoms with van der Waals surface area (Å²) in [5.41, 5.74) is 7.12. The summed E-state index contributed by atoms with van der Waals surface area (Å²) in [5.74, 6) is 0.832. The molecule has 1 fully saturated rings. The molecule has 0 bridgehead atoms. The molecule has 1 heterocycles. The molecule has 1 aliphatic rings. The highest BCUT2D eigenvalue weighted by Gasteiger charge is 2.23. The van der Waals surface area contributed by atoms with Crippen LogP contribution in [-0.2, 0) is 0 Å². The minimum absolute atomic E-state index is 0.522. The van der Waals surface area contributed by atoms with Crippen molar-refractivity contribution < 1.29 is 0 Å². The van der Waals surface area contributed by atoms with E-state index < -0.39 is 0 Å². The maximum absolute atomic E-state index is 8.80. The van der Waals surface area contributed by atoms with Crippen LogP contribution in [0.1, 0.15) is 38.2 Å². The SMILES string of the molecule is CCN(c1ncc(C#N)cc1N)C1CCCC1. The monoisotopic (exact) mass is 230 g/mol. The number of nitrogen functional groups attached to an aromatic ring is 1. The molecule has 0 radical (unpaired) electrons. The number of hydrogen-bond donors (Lipinski definition) is 1. The summed E-state index contributed by atoms with van der Waals surface area (Å²) in [4.78, 5) is 6.61. The minimum Gasteiger partial charge on any atom is -0.396 e. The van der Waals surface area contributed by atoms with Crippen molar-refractivity contribution in [1.82, 2.24) is 4.98 Å². The number of nitrogens with zero attached hydrogens (tertiary/aromatic N) is 3. The normalized spacial score (nSPS) is 15.8. The standard InChI is InChI=1S/C13H18N4/c1-2-17(11-5-3-4-6-11)13-12(15)7-10(8-14)9-16-13/h7,9,11H,2-6,15H2,1H3. The topological polar surface area (TPSA) is 65.9 Å². The number of pyridine rings is 1. The van der Waals surface area contributed by atoms with Crippen LogP contribution in [0.25, 0.3) is 0 Å². The van der Waals surface area contributed by atoms with E-state index in [4.69, 9.17) is 11.0 Å². The lowest BCUT2D eigenvalue weighted by Gasteiger charge is -2.29. The molecule has 1 aromatic rings. The lowest BCUT2D eigenvalue weighted by atomic mass is 10.2. The van der Waals surface area contributed by atoms with E-state index in [-0.39, 0.29) is 0 Å². The average Bonchev–Trinajstić information content (AvgIpc) is 2.85. The Morgan fingerprint density at radius 1 is 1.53 bits per heavy atom. The van der Waals surface area contributed by atoms with E-state index in [2.05, 4.69) is 22.9 Å². The molecule has 1 saturated carbocycles. The largest absolute Gasteiger partial charge is 0.396 e. The van der Waals surface area contributed by atoms with E-state index in [1.165, 1.54) is 25.7 Å². The van der Waals surface area contributed by atoms with E-state index >= 15 is 0 Å². The van der Waals surface area contributed by atoms with Gasteiger partial charge in [-0.1, -0.05) is 12.8 Å². The fourth-order valence-corrected chi connectivity index (χ4v) is 2.57. The van der Waals surface area contributed by atoms with Crippen molar-refractivity contribution in [1.29, 1.82) is 5.26 Å². The zero-order valence-electron chi connectivity index (χ0n) is 10.2. The van der Waals surface area contributed by atoms with Crippen molar-refractivity contribution in [2.75, 3.05) is 17.2 Å². The number of rotatable bonds is 3. The third kappa shape index (κ3) is 2.33. The Morgan fingerprint density at radius 3 is 2.76 bits per heavy atom. The Labute approximate surface area is 102 Å². The minimum atomic E-state index is 0.522. The third-order valence-corrected chi connectivity index (χ3v) is 3.40. The second-order valence-electron chi connectivity index (χ2n) is 4.47. The van der Waals surface area contributed by atoms with Gasteiger partial charge in [-0.2, -0.15) is 5.26 Å². The smallest absolute Gasteiger partial charge is 0.152 e. The van der Waals surface area contributed by atoms with Crippen LogP contribution in [-0.4, -0.2) is 17.6 Å². The lowest BCUT2D eigenvalue weighted by molar-refractivity contribution is 0.614. The first kappa shape index (κ1) is 11.7. The van der Waals surface area contributed by atoms with E-state index in [1.807, 2.05) is 0 Å². The molecule has 4 nitrogen and oxygen atoms in total. The Hall–Kier alpha value is -1.76. The summed E-state index contributed by atoms with van der Waals surface area (Å²) < 4.78 is 0. The van der Waals surface area contributed by atoms with Gasteiger partial charge in [-0.25, -0.2) is 4.98 Å². The van der Waals surface area contributed by atoms with Gasteiger partial charge < -0.3 is 10.6 Å². The van der Waals surface area contributed by atoms with Crippen LogP contribution in [0.2, 0.25) is 0 Å². The van der Waals surface area contributed by atoms with E-state index in [0.29, 0.717) is 17.3 Å². The maximum Gasteiger partial charge on any atom is 0.152 e. The highest BCUT2D eigenvalue weighted by Crippen LogP contribution is 2.30. The van der Waals surface area contributed by atoms with Gasteiger partial charge in [0.25, 0.3) is 0 Å². The number of anilines is 2. The van der Waals surface area contributed by atoms with Gasteiger partial charge in [0.15, 0.2) is 5.82 Å². The quantitative estimate of drug-likeness (QED) is 0.865. The molecule has 0 unspecified atom stereocenters. The van der Waals surface area contributed by atoms with E-state index in [9.17, 15) is 0 Å². The van der Waals surface area contributed by atoms with Gasteiger partial charge in [0, 0.05) is 18.8 Å². The predicted octanol–water partition coefficient (Wildman–Crippen LogP) is 2.30. The maximum atomic E-state index is 8.80. The number of hydrogen-bond acceptors (Lipinski definition) is 4. The highest BCUT2D eigenvalue weighted by atomic mass is 15.2. The van der Waals surface area contributed by atoms with Crippen molar-refractivity contribution in [3.05, 3.63) is 17.8 Å². The number of nitriles is 1. The zero-order valence-corrected chi connectivity index (χ0v) is 10.2. The molecular formula is C13H18N4. The summed E-state index contributed by atoms with van der Waals surface area (Å²) in [6.07, 6.45) is 6.61. The summed E-state index contributed by atoms with van der Waals surface area (Å²) in [6, 6.07) is 4.33. The second kappa shape index (κ2) is 5.05. The van der Waals surface area contributed by atoms with Crippen LogP contribution in [0.3, 0.4) is 0 Å².